The van der Waals surface area contributed by atoms with Crippen LogP contribution >= 0.6 is 11.3 Å². The van der Waals surface area contributed by atoms with Crippen molar-refractivity contribution in [3.05, 3.63) is 15.8 Å². The molecule has 0 aromatic carbocycles. The second kappa shape index (κ2) is 5.49. The monoisotopic (exact) mass is 303 g/mol. The van der Waals surface area contributed by atoms with Gasteiger partial charge in [-0.1, -0.05) is 0 Å². The Balaban J connectivity index is 2.31. The zero-order valence-electron chi connectivity index (χ0n) is 11.6. The van der Waals surface area contributed by atoms with Gasteiger partial charge in [-0.25, -0.2) is 8.42 Å². The summed E-state index contributed by atoms with van der Waals surface area (Å²) in [4.78, 5) is 3.27. The lowest BCUT2D eigenvalue weighted by atomic mass is 10.2. The van der Waals surface area contributed by atoms with Crippen LogP contribution in [0.4, 0.5) is 0 Å². The van der Waals surface area contributed by atoms with Crippen LogP contribution in [0.2, 0.25) is 0 Å². The largest absolute Gasteiger partial charge is 0.326 e. The molecule has 0 amide bonds. The van der Waals surface area contributed by atoms with E-state index >= 15 is 0 Å². The second-order valence-electron chi connectivity index (χ2n) is 5.14. The fourth-order valence-electron chi connectivity index (χ4n) is 2.45. The van der Waals surface area contributed by atoms with Crippen molar-refractivity contribution in [1.29, 1.82) is 0 Å². The van der Waals surface area contributed by atoms with Gasteiger partial charge in [-0.3, -0.25) is 0 Å². The molecule has 1 saturated heterocycles. The molecule has 1 atom stereocenters. The maximum Gasteiger partial charge on any atom is 0.244 e. The fraction of sp³-hybridized carbons (Fsp3) is 0.667. The van der Waals surface area contributed by atoms with Crippen LogP contribution in [0.3, 0.4) is 0 Å². The number of nitrogens with two attached hydrogens (primary N) is 1. The minimum Gasteiger partial charge on any atom is -0.326 e. The standard InChI is InChI=1S/C12H21N3O2S2/c1-9-8-18-11(6-13)12(9)19(16,17)15-5-4-10(7-15)14(2)3/h8,10H,4-7,13H2,1-3H3. The summed E-state index contributed by atoms with van der Waals surface area (Å²) >= 11 is 1.43. The Morgan fingerprint density at radius 1 is 1.53 bits per heavy atom. The van der Waals surface area contributed by atoms with Crippen molar-refractivity contribution in [2.45, 2.75) is 30.8 Å². The van der Waals surface area contributed by atoms with Crippen LogP contribution in [-0.4, -0.2) is 50.8 Å². The predicted molar refractivity (Wildman–Crippen MR) is 77.8 cm³/mol. The third kappa shape index (κ3) is 2.71. The lowest BCUT2D eigenvalue weighted by Gasteiger charge is -2.20. The molecule has 1 aromatic heterocycles. The first-order chi connectivity index (χ1) is 8.87. The van der Waals surface area contributed by atoms with Crippen molar-refractivity contribution in [3.63, 3.8) is 0 Å². The molecule has 0 aliphatic carbocycles. The molecule has 1 unspecified atom stereocenters. The number of hydrogen-bond donors (Lipinski definition) is 1. The molecule has 5 nitrogen and oxygen atoms in total. The van der Waals surface area contributed by atoms with Crippen LogP contribution in [0.5, 0.6) is 0 Å². The Labute approximate surface area is 119 Å². The molecule has 0 spiro atoms. The summed E-state index contributed by atoms with van der Waals surface area (Å²) in [7, 11) is 0.578. The van der Waals surface area contributed by atoms with Crippen LogP contribution < -0.4 is 5.73 Å². The number of hydrogen-bond acceptors (Lipinski definition) is 5. The van der Waals surface area contributed by atoms with Gasteiger partial charge in [0.1, 0.15) is 4.90 Å². The highest BCUT2D eigenvalue weighted by Gasteiger charge is 2.35. The van der Waals surface area contributed by atoms with Crippen LogP contribution in [0, 0.1) is 6.92 Å². The molecule has 0 saturated carbocycles. The molecular formula is C12H21N3O2S2. The van der Waals surface area contributed by atoms with Crippen molar-refractivity contribution >= 4 is 21.4 Å². The molecule has 108 valence electrons. The van der Waals surface area contributed by atoms with E-state index in [9.17, 15) is 8.42 Å². The Morgan fingerprint density at radius 2 is 2.21 bits per heavy atom. The van der Waals surface area contributed by atoms with E-state index in [1.165, 1.54) is 11.3 Å². The van der Waals surface area contributed by atoms with Gasteiger partial charge >= 0.3 is 0 Å². The van der Waals surface area contributed by atoms with Gasteiger partial charge in [0.05, 0.1) is 0 Å². The lowest BCUT2D eigenvalue weighted by Crippen LogP contribution is -2.35. The zero-order valence-corrected chi connectivity index (χ0v) is 13.2. The minimum absolute atomic E-state index is 0.276. The summed E-state index contributed by atoms with van der Waals surface area (Å²) < 4.78 is 27.0. The summed E-state index contributed by atoms with van der Waals surface area (Å²) in [6.07, 6.45) is 0.882. The Kier molecular flexibility index (Phi) is 4.32. The summed E-state index contributed by atoms with van der Waals surface area (Å²) in [6, 6.07) is 0.301. The van der Waals surface area contributed by atoms with Crippen molar-refractivity contribution in [2.24, 2.45) is 5.73 Å². The number of thiophene rings is 1. The molecule has 0 radical (unpaired) electrons. The third-order valence-corrected chi connectivity index (χ3v) is 6.98. The molecule has 7 heteroatoms. The van der Waals surface area contributed by atoms with Gasteiger partial charge in [-0.2, -0.15) is 4.31 Å². The maximum atomic E-state index is 12.7. The lowest BCUT2D eigenvalue weighted by molar-refractivity contribution is 0.302. The van der Waals surface area contributed by atoms with Gasteiger partial charge in [0.25, 0.3) is 0 Å². The van der Waals surface area contributed by atoms with Crippen LogP contribution in [0.25, 0.3) is 0 Å². The number of likely N-dealkylation sites (N-methyl/N-ethyl adjacent to an activating group) is 1. The number of rotatable bonds is 4. The van der Waals surface area contributed by atoms with E-state index < -0.39 is 10.0 Å². The Hall–Kier alpha value is -0.470. The summed E-state index contributed by atoms with van der Waals surface area (Å²) in [5.74, 6) is 0. The first-order valence-electron chi connectivity index (χ1n) is 6.31. The first-order valence-corrected chi connectivity index (χ1v) is 8.63. The van der Waals surface area contributed by atoms with Crippen molar-refractivity contribution in [1.82, 2.24) is 9.21 Å². The van der Waals surface area contributed by atoms with Crippen molar-refractivity contribution in [3.8, 4) is 0 Å². The van der Waals surface area contributed by atoms with E-state index in [4.69, 9.17) is 5.73 Å². The molecule has 2 rings (SSSR count). The smallest absolute Gasteiger partial charge is 0.244 e. The normalized spacial score (nSPS) is 21.4. The van der Waals surface area contributed by atoms with Crippen LogP contribution in [0.1, 0.15) is 16.9 Å². The molecular weight excluding hydrogens is 282 g/mol. The summed E-state index contributed by atoms with van der Waals surface area (Å²) in [6.45, 7) is 3.26. The minimum atomic E-state index is -3.40. The van der Waals surface area contributed by atoms with E-state index in [2.05, 4.69) is 4.90 Å². The average molecular weight is 303 g/mol. The van der Waals surface area contributed by atoms with E-state index in [0.717, 1.165) is 16.9 Å². The first kappa shape index (κ1) is 14.9. The zero-order chi connectivity index (χ0) is 14.2. The predicted octanol–water partition coefficient (Wildman–Crippen LogP) is 0.840. The van der Waals surface area contributed by atoms with Crippen LogP contribution in [0.15, 0.2) is 10.3 Å². The number of sulfonamides is 1. The number of nitrogens with zero attached hydrogens (tertiary/aromatic N) is 2. The van der Waals surface area contributed by atoms with Gasteiger partial charge in [0.2, 0.25) is 10.0 Å². The molecule has 19 heavy (non-hydrogen) atoms. The highest BCUT2D eigenvalue weighted by atomic mass is 32.2. The van der Waals surface area contributed by atoms with E-state index in [-0.39, 0.29) is 6.54 Å². The summed E-state index contributed by atoms with van der Waals surface area (Å²) in [5.41, 5.74) is 6.46. The second-order valence-corrected chi connectivity index (χ2v) is 7.98. The average Bonchev–Trinajstić information content (AvgIpc) is 2.95. The van der Waals surface area contributed by atoms with Gasteiger partial charge in [-0.05, 0) is 38.4 Å². The van der Waals surface area contributed by atoms with Gasteiger partial charge in [0.15, 0.2) is 0 Å². The molecule has 1 aliphatic rings. The Morgan fingerprint density at radius 3 is 2.74 bits per heavy atom. The maximum absolute atomic E-state index is 12.7. The molecule has 0 bridgehead atoms. The highest BCUT2D eigenvalue weighted by Crippen LogP contribution is 2.31. The van der Waals surface area contributed by atoms with Crippen molar-refractivity contribution < 1.29 is 8.42 Å². The Bertz CT molecular complexity index is 551. The topological polar surface area (TPSA) is 66.6 Å². The SMILES string of the molecule is Cc1csc(CN)c1S(=O)(=O)N1CCC(N(C)C)C1. The van der Waals surface area contributed by atoms with E-state index in [1.54, 1.807) is 4.31 Å². The number of aryl methyl sites for hydroxylation is 1. The van der Waals surface area contributed by atoms with E-state index in [0.29, 0.717) is 24.0 Å². The highest BCUT2D eigenvalue weighted by molar-refractivity contribution is 7.89. The molecule has 1 fully saturated rings. The van der Waals surface area contributed by atoms with E-state index in [1.807, 2.05) is 26.4 Å². The molecule has 2 N–H and O–H groups in total. The molecule has 1 aliphatic heterocycles. The van der Waals surface area contributed by atoms with Crippen molar-refractivity contribution in [2.75, 3.05) is 27.2 Å². The van der Waals surface area contributed by atoms with Gasteiger partial charge < -0.3 is 10.6 Å². The fourth-order valence-corrected chi connectivity index (χ4v) is 5.60. The quantitative estimate of drug-likeness (QED) is 0.895. The summed E-state index contributed by atoms with van der Waals surface area (Å²) in [5, 5.41) is 1.87. The molecule has 1 aromatic rings. The van der Waals surface area contributed by atoms with Gasteiger partial charge in [0, 0.05) is 30.6 Å². The molecule has 2 heterocycles. The van der Waals surface area contributed by atoms with Gasteiger partial charge in [-0.15, -0.1) is 11.3 Å². The van der Waals surface area contributed by atoms with Crippen LogP contribution in [-0.2, 0) is 16.6 Å². The third-order valence-electron chi connectivity index (χ3n) is 3.63.